The molecule has 0 radical (unpaired) electrons. The van der Waals surface area contributed by atoms with Gasteiger partial charge in [0.1, 0.15) is 6.61 Å². The number of benzene rings is 2. The van der Waals surface area contributed by atoms with Crippen LogP contribution in [-0.2, 0) is 11.4 Å². The lowest BCUT2D eigenvalue weighted by molar-refractivity contribution is -0.136. The SMILES string of the molecule is COc1cc(C(=O)N2CCC(C(=O)N3CCCCCC3)CC2)ccc1OCc1ccccc1. The van der Waals surface area contributed by atoms with Crippen LogP contribution in [0.4, 0.5) is 0 Å². The molecule has 33 heavy (non-hydrogen) atoms. The van der Waals surface area contributed by atoms with E-state index in [1.807, 2.05) is 40.1 Å². The average molecular weight is 451 g/mol. The lowest BCUT2D eigenvalue weighted by Crippen LogP contribution is -2.44. The molecule has 2 fully saturated rings. The van der Waals surface area contributed by atoms with Gasteiger partial charge in [0.15, 0.2) is 11.5 Å². The third kappa shape index (κ3) is 5.86. The summed E-state index contributed by atoms with van der Waals surface area (Å²) in [6, 6.07) is 15.3. The van der Waals surface area contributed by atoms with Gasteiger partial charge in [-0.05, 0) is 49.4 Å². The molecular weight excluding hydrogens is 416 g/mol. The van der Waals surface area contributed by atoms with Gasteiger partial charge < -0.3 is 19.3 Å². The maximum atomic E-state index is 13.1. The number of hydrogen-bond donors (Lipinski definition) is 0. The molecule has 2 aromatic carbocycles. The smallest absolute Gasteiger partial charge is 0.253 e. The molecule has 6 nitrogen and oxygen atoms in total. The molecule has 2 saturated heterocycles. The van der Waals surface area contributed by atoms with Crippen molar-refractivity contribution >= 4 is 11.8 Å². The first-order chi connectivity index (χ1) is 16.2. The van der Waals surface area contributed by atoms with Crippen LogP contribution in [-0.4, -0.2) is 54.9 Å². The molecule has 4 rings (SSSR count). The Labute approximate surface area is 196 Å². The number of likely N-dealkylation sites (tertiary alicyclic amines) is 2. The van der Waals surface area contributed by atoms with Crippen molar-refractivity contribution in [3.8, 4) is 11.5 Å². The lowest BCUT2D eigenvalue weighted by atomic mass is 9.94. The van der Waals surface area contributed by atoms with Crippen molar-refractivity contribution in [1.29, 1.82) is 0 Å². The number of rotatable bonds is 6. The molecule has 2 aliphatic heterocycles. The summed E-state index contributed by atoms with van der Waals surface area (Å²) in [5.74, 6) is 1.45. The molecule has 2 aromatic rings. The van der Waals surface area contributed by atoms with Crippen LogP contribution >= 0.6 is 0 Å². The minimum Gasteiger partial charge on any atom is -0.493 e. The topological polar surface area (TPSA) is 59.1 Å². The summed E-state index contributed by atoms with van der Waals surface area (Å²) in [6.07, 6.45) is 6.12. The second kappa shape index (κ2) is 11.2. The first-order valence-electron chi connectivity index (χ1n) is 12.1. The van der Waals surface area contributed by atoms with Crippen LogP contribution in [0.25, 0.3) is 0 Å². The number of nitrogens with zero attached hydrogens (tertiary/aromatic N) is 2. The van der Waals surface area contributed by atoms with Crippen LogP contribution in [0.1, 0.15) is 54.4 Å². The van der Waals surface area contributed by atoms with Crippen molar-refractivity contribution in [2.24, 2.45) is 5.92 Å². The molecule has 0 aromatic heterocycles. The number of carbonyl (C=O) groups excluding carboxylic acids is 2. The fourth-order valence-corrected chi connectivity index (χ4v) is 4.72. The molecule has 2 heterocycles. The van der Waals surface area contributed by atoms with Gasteiger partial charge in [0.25, 0.3) is 5.91 Å². The summed E-state index contributed by atoms with van der Waals surface area (Å²) in [5.41, 5.74) is 1.65. The quantitative estimate of drug-likeness (QED) is 0.649. The second-order valence-corrected chi connectivity index (χ2v) is 8.95. The van der Waals surface area contributed by atoms with Gasteiger partial charge in [0, 0.05) is 37.7 Å². The van der Waals surface area contributed by atoms with E-state index in [1.54, 1.807) is 25.3 Å². The van der Waals surface area contributed by atoms with Gasteiger partial charge in [-0.2, -0.15) is 0 Å². The number of hydrogen-bond acceptors (Lipinski definition) is 4. The van der Waals surface area contributed by atoms with Crippen LogP contribution in [0.5, 0.6) is 11.5 Å². The predicted octanol–water partition coefficient (Wildman–Crippen LogP) is 4.53. The van der Waals surface area contributed by atoms with Crippen molar-refractivity contribution in [3.05, 3.63) is 59.7 Å². The highest BCUT2D eigenvalue weighted by Crippen LogP contribution is 2.30. The Bertz CT molecular complexity index is 930. The lowest BCUT2D eigenvalue weighted by Gasteiger charge is -2.34. The highest BCUT2D eigenvalue weighted by Gasteiger charge is 2.31. The van der Waals surface area contributed by atoms with Crippen molar-refractivity contribution in [2.45, 2.75) is 45.1 Å². The standard InChI is InChI=1S/C27H34N2O4/c1-32-25-19-23(11-12-24(25)33-20-21-9-5-4-6-10-21)27(31)29-17-13-22(14-18-29)26(30)28-15-7-2-3-8-16-28/h4-6,9-12,19,22H,2-3,7-8,13-18,20H2,1H3. The summed E-state index contributed by atoms with van der Waals surface area (Å²) in [4.78, 5) is 29.9. The van der Waals surface area contributed by atoms with Gasteiger partial charge >= 0.3 is 0 Å². The summed E-state index contributed by atoms with van der Waals surface area (Å²) < 4.78 is 11.4. The normalized spacial score (nSPS) is 17.4. The highest BCUT2D eigenvalue weighted by atomic mass is 16.5. The minimum atomic E-state index is -0.0245. The molecule has 0 bridgehead atoms. The van der Waals surface area contributed by atoms with E-state index in [4.69, 9.17) is 9.47 Å². The van der Waals surface area contributed by atoms with E-state index in [1.165, 1.54) is 12.8 Å². The molecule has 0 atom stereocenters. The second-order valence-electron chi connectivity index (χ2n) is 8.95. The van der Waals surface area contributed by atoms with Crippen LogP contribution in [0.15, 0.2) is 48.5 Å². The zero-order valence-electron chi connectivity index (χ0n) is 19.5. The van der Waals surface area contributed by atoms with E-state index in [-0.39, 0.29) is 17.7 Å². The predicted molar refractivity (Wildman–Crippen MR) is 127 cm³/mol. The number of amides is 2. The number of methoxy groups -OCH3 is 1. The van der Waals surface area contributed by atoms with Crippen LogP contribution in [0, 0.1) is 5.92 Å². The van der Waals surface area contributed by atoms with E-state index in [0.29, 0.717) is 36.8 Å². The largest absolute Gasteiger partial charge is 0.493 e. The molecule has 0 spiro atoms. The fourth-order valence-electron chi connectivity index (χ4n) is 4.72. The Morgan fingerprint density at radius 3 is 2.21 bits per heavy atom. The zero-order chi connectivity index (χ0) is 23.0. The van der Waals surface area contributed by atoms with Crippen molar-refractivity contribution in [3.63, 3.8) is 0 Å². The molecule has 6 heteroatoms. The zero-order valence-corrected chi connectivity index (χ0v) is 19.5. The Balaban J connectivity index is 1.33. The van der Waals surface area contributed by atoms with Crippen molar-refractivity contribution in [1.82, 2.24) is 9.80 Å². The van der Waals surface area contributed by atoms with Crippen molar-refractivity contribution in [2.75, 3.05) is 33.3 Å². The van der Waals surface area contributed by atoms with E-state index >= 15 is 0 Å². The van der Waals surface area contributed by atoms with Gasteiger partial charge in [-0.25, -0.2) is 0 Å². The molecule has 0 unspecified atom stereocenters. The van der Waals surface area contributed by atoms with E-state index in [9.17, 15) is 9.59 Å². The summed E-state index contributed by atoms with van der Waals surface area (Å²) >= 11 is 0. The van der Waals surface area contributed by atoms with Crippen LogP contribution in [0.2, 0.25) is 0 Å². The van der Waals surface area contributed by atoms with Crippen LogP contribution in [0.3, 0.4) is 0 Å². The molecule has 2 amide bonds. The Morgan fingerprint density at radius 1 is 0.848 bits per heavy atom. The molecular formula is C27H34N2O4. The number of ether oxygens (including phenoxy) is 2. The van der Waals surface area contributed by atoms with Crippen molar-refractivity contribution < 1.29 is 19.1 Å². The summed E-state index contributed by atoms with van der Waals surface area (Å²) in [7, 11) is 1.58. The van der Waals surface area contributed by atoms with Gasteiger partial charge in [-0.1, -0.05) is 43.2 Å². The summed E-state index contributed by atoms with van der Waals surface area (Å²) in [6.45, 7) is 3.42. The van der Waals surface area contributed by atoms with E-state index < -0.39 is 0 Å². The first kappa shape index (κ1) is 23.1. The molecule has 0 aliphatic carbocycles. The average Bonchev–Trinajstić information content (AvgIpc) is 3.17. The molecule has 0 saturated carbocycles. The number of carbonyl (C=O) groups is 2. The maximum absolute atomic E-state index is 13.1. The van der Waals surface area contributed by atoms with E-state index in [0.717, 1.165) is 44.3 Å². The Morgan fingerprint density at radius 2 is 1.55 bits per heavy atom. The highest BCUT2D eigenvalue weighted by molar-refractivity contribution is 5.95. The Kier molecular flexibility index (Phi) is 7.87. The van der Waals surface area contributed by atoms with E-state index in [2.05, 4.69) is 0 Å². The monoisotopic (exact) mass is 450 g/mol. The van der Waals surface area contributed by atoms with Gasteiger partial charge in [-0.15, -0.1) is 0 Å². The Hall–Kier alpha value is -3.02. The minimum absolute atomic E-state index is 0.0245. The van der Waals surface area contributed by atoms with Gasteiger partial charge in [0.2, 0.25) is 5.91 Å². The summed E-state index contributed by atoms with van der Waals surface area (Å²) in [5, 5.41) is 0. The van der Waals surface area contributed by atoms with Gasteiger partial charge in [0.05, 0.1) is 7.11 Å². The first-order valence-corrected chi connectivity index (χ1v) is 12.1. The molecule has 2 aliphatic rings. The fraction of sp³-hybridized carbons (Fsp3) is 0.481. The third-order valence-corrected chi connectivity index (χ3v) is 6.70. The number of piperidine rings is 1. The molecule has 0 N–H and O–H groups in total. The maximum Gasteiger partial charge on any atom is 0.253 e. The third-order valence-electron chi connectivity index (χ3n) is 6.70. The van der Waals surface area contributed by atoms with Crippen LogP contribution < -0.4 is 9.47 Å². The van der Waals surface area contributed by atoms with Gasteiger partial charge in [-0.3, -0.25) is 9.59 Å². The molecule has 176 valence electrons.